The van der Waals surface area contributed by atoms with Crippen LogP contribution in [0.25, 0.3) is 11.1 Å². The molecule has 1 unspecified atom stereocenters. The van der Waals surface area contributed by atoms with Gasteiger partial charge in [-0.2, -0.15) is 0 Å². The molecule has 2 aliphatic rings. The Morgan fingerprint density at radius 3 is 2.28 bits per heavy atom. The van der Waals surface area contributed by atoms with E-state index < -0.39 is 5.97 Å². The summed E-state index contributed by atoms with van der Waals surface area (Å²) in [6.45, 7) is 3.60. The number of fused-ring (bicyclic) bond motifs is 1. The molecular weight excluding hydrogens is 578 g/mol. The number of rotatable bonds is 7. The first kappa shape index (κ1) is 30.8. The Labute approximate surface area is 269 Å². The van der Waals surface area contributed by atoms with Crippen LogP contribution in [0.15, 0.2) is 103 Å². The Morgan fingerprint density at radius 1 is 0.804 bits per heavy atom. The number of hydrogen-bond donors (Lipinski definition) is 1. The van der Waals surface area contributed by atoms with Crippen LogP contribution in [0.2, 0.25) is 0 Å². The number of para-hydroxylation sites is 1. The maximum absolute atomic E-state index is 14.0. The number of hydrogen-bond acceptors (Lipinski definition) is 5. The number of ether oxygens (including phenoxy) is 1. The van der Waals surface area contributed by atoms with Gasteiger partial charge in [0.1, 0.15) is 6.42 Å². The first-order chi connectivity index (χ1) is 22.4. The summed E-state index contributed by atoms with van der Waals surface area (Å²) in [4.78, 5) is 55.6. The van der Waals surface area contributed by atoms with Gasteiger partial charge in [0.15, 0.2) is 0 Å². The van der Waals surface area contributed by atoms with Crippen molar-refractivity contribution >= 4 is 35.1 Å². The van der Waals surface area contributed by atoms with E-state index in [4.69, 9.17) is 4.74 Å². The van der Waals surface area contributed by atoms with Gasteiger partial charge in [-0.3, -0.25) is 19.2 Å². The van der Waals surface area contributed by atoms with Gasteiger partial charge in [0.05, 0.1) is 6.61 Å². The highest BCUT2D eigenvalue weighted by Crippen LogP contribution is 2.43. The van der Waals surface area contributed by atoms with Gasteiger partial charge in [-0.1, -0.05) is 66.7 Å². The molecule has 46 heavy (non-hydrogen) atoms. The SMILES string of the molecule is CCOC(=O)CC(=O)N1CCC2(CCN(C(=O)c3ccc(NC(=O)c4ccccc4-c4ccccc4)cc3)c3ccccc3C2)C1. The topological polar surface area (TPSA) is 96.0 Å². The molecular formula is C38H37N3O5. The fourth-order valence-electron chi connectivity index (χ4n) is 6.64. The summed E-state index contributed by atoms with van der Waals surface area (Å²) in [6, 6.07) is 32.2. The fourth-order valence-corrected chi connectivity index (χ4v) is 6.64. The van der Waals surface area contributed by atoms with E-state index in [1.807, 2.05) is 71.6 Å². The number of esters is 1. The van der Waals surface area contributed by atoms with Crippen LogP contribution in [0.1, 0.15) is 52.5 Å². The normalized spacial score (nSPS) is 17.2. The molecule has 0 saturated carbocycles. The van der Waals surface area contributed by atoms with E-state index in [1.165, 1.54) is 0 Å². The molecule has 1 fully saturated rings. The second-order valence-corrected chi connectivity index (χ2v) is 12.0. The highest BCUT2D eigenvalue weighted by molar-refractivity contribution is 6.10. The molecule has 0 aliphatic carbocycles. The predicted octanol–water partition coefficient (Wildman–Crippen LogP) is 6.37. The number of carbonyl (C=O) groups excluding carboxylic acids is 4. The molecule has 8 nitrogen and oxygen atoms in total. The molecule has 0 aromatic heterocycles. The molecule has 2 aliphatic heterocycles. The lowest BCUT2D eigenvalue weighted by Crippen LogP contribution is -2.36. The van der Waals surface area contributed by atoms with Crippen molar-refractivity contribution in [3.05, 3.63) is 120 Å². The van der Waals surface area contributed by atoms with Gasteiger partial charge in [0.25, 0.3) is 11.8 Å². The third kappa shape index (κ3) is 6.56. The average molecular weight is 616 g/mol. The third-order valence-corrected chi connectivity index (χ3v) is 9.00. The Balaban J connectivity index is 1.16. The zero-order valence-corrected chi connectivity index (χ0v) is 25.9. The monoisotopic (exact) mass is 615 g/mol. The highest BCUT2D eigenvalue weighted by Gasteiger charge is 2.43. The summed E-state index contributed by atoms with van der Waals surface area (Å²) >= 11 is 0. The molecule has 2 heterocycles. The van der Waals surface area contributed by atoms with Crippen molar-refractivity contribution in [3.63, 3.8) is 0 Å². The van der Waals surface area contributed by atoms with E-state index in [2.05, 4.69) is 11.4 Å². The number of benzene rings is 4. The predicted molar refractivity (Wildman–Crippen MR) is 178 cm³/mol. The van der Waals surface area contributed by atoms with E-state index in [0.717, 1.165) is 41.6 Å². The first-order valence-electron chi connectivity index (χ1n) is 15.7. The molecule has 1 spiro atoms. The molecule has 1 N–H and O–H groups in total. The Kier molecular flexibility index (Phi) is 8.97. The van der Waals surface area contributed by atoms with Crippen LogP contribution in [0.3, 0.4) is 0 Å². The molecule has 4 aromatic carbocycles. The van der Waals surface area contributed by atoms with Crippen molar-refractivity contribution in [2.45, 2.75) is 32.6 Å². The largest absolute Gasteiger partial charge is 0.466 e. The van der Waals surface area contributed by atoms with Crippen LogP contribution < -0.4 is 10.2 Å². The number of carbonyl (C=O) groups is 4. The standard InChI is InChI=1S/C38H37N3O5/c1-2-46-35(43)24-34(42)40-22-20-38(26-40)21-23-41(33-15-9-6-12-29(33)25-38)37(45)28-16-18-30(19-17-28)39-36(44)32-14-8-7-13-31(32)27-10-4-3-5-11-27/h3-19H,2,20-26H2,1H3,(H,39,44). The molecule has 3 amide bonds. The Morgan fingerprint density at radius 2 is 1.50 bits per heavy atom. The second kappa shape index (κ2) is 13.4. The molecule has 6 rings (SSSR count). The number of nitrogens with one attached hydrogen (secondary N) is 1. The molecule has 4 aromatic rings. The van der Waals surface area contributed by atoms with Crippen molar-refractivity contribution in [1.82, 2.24) is 4.90 Å². The summed E-state index contributed by atoms with van der Waals surface area (Å²) in [5.74, 6) is -1.06. The lowest BCUT2D eigenvalue weighted by Gasteiger charge is -2.28. The van der Waals surface area contributed by atoms with Gasteiger partial charge in [0, 0.05) is 42.1 Å². The first-order valence-corrected chi connectivity index (χ1v) is 15.7. The Bertz CT molecular complexity index is 1750. The van der Waals surface area contributed by atoms with E-state index in [1.54, 1.807) is 42.2 Å². The Hall–Kier alpha value is -5.24. The van der Waals surface area contributed by atoms with E-state index >= 15 is 0 Å². The maximum atomic E-state index is 14.0. The van der Waals surface area contributed by atoms with Crippen molar-refractivity contribution < 1.29 is 23.9 Å². The van der Waals surface area contributed by atoms with Crippen LogP contribution in [0, 0.1) is 5.41 Å². The summed E-state index contributed by atoms with van der Waals surface area (Å²) in [7, 11) is 0. The number of amides is 3. The summed E-state index contributed by atoms with van der Waals surface area (Å²) in [6.07, 6.45) is 2.03. The van der Waals surface area contributed by atoms with Gasteiger partial charge < -0.3 is 19.9 Å². The van der Waals surface area contributed by atoms with Gasteiger partial charge in [0.2, 0.25) is 5.91 Å². The van der Waals surface area contributed by atoms with E-state index in [0.29, 0.717) is 36.4 Å². The van der Waals surface area contributed by atoms with Crippen LogP contribution in [-0.4, -0.2) is 54.8 Å². The maximum Gasteiger partial charge on any atom is 0.315 e. The third-order valence-electron chi connectivity index (χ3n) is 9.00. The van der Waals surface area contributed by atoms with Crippen LogP contribution in [0.4, 0.5) is 11.4 Å². The fraction of sp³-hybridized carbons (Fsp3) is 0.263. The van der Waals surface area contributed by atoms with Gasteiger partial charge in [-0.25, -0.2) is 0 Å². The van der Waals surface area contributed by atoms with Gasteiger partial charge in [-0.15, -0.1) is 0 Å². The minimum Gasteiger partial charge on any atom is -0.466 e. The quantitative estimate of drug-likeness (QED) is 0.193. The highest BCUT2D eigenvalue weighted by atomic mass is 16.5. The zero-order chi connectivity index (χ0) is 32.1. The van der Waals surface area contributed by atoms with Crippen molar-refractivity contribution in [3.8, 4) is 11.1 Å². The number of likely N-dealkylation sites (tertiary alicyclic amines) is 1. The lowest BCUT2D eigenvalue weighted by atomic mass is 9.78. The van der Waals surface area contributed by atoms with Crippen molar-refractivity contribution in [2.75, 3.05) is 36.5 Å². The molecule has 0 radical (unpaired) electrons. The number of anilines is 2. The molecule has 0 bridgehead atoms. The second-order valence-electron chi connectivity index (χ2n) is 12.0. The smallest absolute Gasteiger partial charge is 0.315 e. The minimum absolute atomic E-state index is 0.120. The lowest BCUT2D eigenvalue weighted by molar-refractivity contribution is -0.148. The summed E-state index contributed by atoms with van der Waals surface area (Å²) < 4.78 is 4.97. The molecule has 8 heteroatoms. The summed E-state index contributed by atoms with van der Waals surface area (Å²) in [5, 5.41) is 2.98. The summed E-state index contributed by atoms with van der Waals surface area (Å²) in [5.41, 5.74) is 5.24. The van der Waals surface area contributed by atoms with Crippen LogP contribution in [0.5, 0.6) is 0 Å². The average Bonchev–Trinajstić information content (AvgIpc) is 3.42. The van der Waals surface area contributed by atoms with Gasteiger partial charge in [-0.05, 0) is 84.7 Å². The molecule has 1 atom stereocenters. The van der Waals surface area contributed by atoms with E-state index in [-0.39, 0.29) is 36.2 Å². The minimum atomic E-state index is -0.501. The van der Waals surface area contributed by atoms with Crippen molar-refractivity contribution in [1.29, 1.82) is 0 Å². The van der Waals surface area contributed by atoms with Crippen molar-refractivity contribution in [2.24, 2.45) is 5.41 Å². The molecule has 234 valence electrons. The zero-order valence-electron chi connectivity index (χ0n) is 25.9. The number of nitrogens with zero attached hydrogens (tertiary/aromatic N) is 2. The van der Waals surface area contributed by atoms with Crippen LogP contribution in [-0.2, 0) is 20.7 Å². The van der Waals surface area contributed by atoms with E-state index in [9.17, 15) is 19.2 Å². The molecule has 1 saturated heterocycles. The van der Waals surface area contributed by atoms with Gasteiger partial charge >= 0.3 is 5.97 Å². The van der Waals surface area contributed by atoms with Crippen LogP contribution >= 0.6 is 0 Å².